The maximum Gasteiger partial charge on any atom is 0.331 e. The van der Waals surface area contributed by atoms with Crippen molar-refractivity contribution < 1.29 is 9.53 Å². The fourth-order valence-electron chi connectivity index (χ4n) is 1.83. The lowest BCUT2D eigenvalue weighted by atomic mass is 10.3. The first-order valence-corrected chi connectivity index (χ1v) is 6.43. The molecule has 2 aromatic carbocycles. The predicted molar refractivity (Wildman–Crippen MR) is 79.6 cm³/mol. The molecule has 0 fully saturated rings. The van der Waals surface area contributed by atoms with E-state index >= 15 is 0 Å². The number of para-hydroxylation sites is 1. The second-order valence-corrected chi connectivity index (χ2v) is 4.34. The van der Waals surface area contributed by atoms with Gasteiger partial charge in [0.05, 0.1) is 0 Å². The summed E-state index contributed by atoms with van der Waals surface area (Å²) in [4.78, 5) is 15.8. The van der Waals surface area contributed by atoms with Crippen LogP contribution in [0.2, 0.25) is 0 Å². The maximum atomic E-state index is 11.9. The summed E-state index contributed by atoms with van der Waals surface area (Å²) in [5, 5.41) is 2.77. The summed E-state index contributed by atoms with van der Waals surface area (Å²) in [6, 6.07) is 16.4. The van der Waals surface area contributed by atoms with E-state index in [0.29, 0.717) is 11.4 Å². The summed E-state index contributed by atoms with van der Waals surface area (Å²) in [6.45, 7) is 0. The first-order valence-electron chi connectivity index (χ1n) is 6.43. The van der Waals surface area contributed by atoms with E-state index in [1.165, 1.54) is 10.9 Å². The van der Waals surface area contributed by atoms with Crippen LogP contribution >= 0.6 is 0 Å². The first-order chi connectivity index (χ1) is 10.3. The van der Waals surface area contributed by atoms with Crippen molar-refractivity contribution in [2.75, 3.05) is 5.32 Å². The standard InChI is InChI=1S/C16H13N3O2/c20-16(19-10-9-17-12-19)18-13-5-4-8-15(11-13)21-14-6-2-1-3-7-14/h1-12H,(H,18,20). The molecule has 3 aromatic rings. The molecule has 1 aromatic heterocycles. The van der Waals surface area contributed by atoms with Crippen molar-refractivity contribution in [1.82, 2.24) is 9.55 Å². The fourth-order valence-corrected chi connectivity index (χ4v) is 1.83. The Bertz CT molecular complexity index is 724. The van der Waals surface area contributed by atoms with E-state index in [-0.39, 0.29) is 6.03 Å². The molecule has 1 N–H and O–H groups in total. The molecule has 0 aliphatic rings. The quantitative estimate of drug-likeness (QED) is 0.794. The summed E-state index contributed by atoms with van der Waals surface area (Å²) in [5.74, 6) is 1.40. The molecule has 1 heterocycles. The smallest absolute Gasteiger partial charge is 0.331 e. The van der Waals surface area contributed by atoms with E-state index in [0.717, 1.165) is 5.75 Å². The van der Waals surface area contributed by atoms with E-state index in [1.54, 1.807) is 24.5 Å². The molecule has 0 unspecified atom stereocenters. The number of hydrogen-bond acceptors (Lipinski definition) is 3. The zero-order valence-electron chi connectivity index (χ0n) is 11.1. The molecule has 1 amide bonds. The van der Waals surface area contributed by atoms with Gasteiger partial charge in [-0.2, -0.15) is 0 Å². The van der Waals surface area contributed by atoms with E-state index in [9.17, 15) is 4.79 Å². The lowest BCUT2D eigenvalue weighted by Gasteiger charge is -2.09. The van der Waals surface area contributed by atoms with Gasteiger partial charge in [0.1, 0.15) is 17.8 Å². The van der Waals surface area contributed by atoms with Gasteiger partial charge in [0.2, 0.25) is 0 Å². The normalized spacial score (nSPS) is 10.1. The van der Waals surface area contributed by atoms with E-state index in [1.807, 2.05) is 42.5 Å². The van der Waals surface area contributed by atoms with Gasteiger partial charge in [0.25, 0.3) is 0 Å². The number of imidazole rings is 1. The Hall–Kier alpha value is -3.08. The lowest BCUT2D eigenvalue weighted by molar-refractivity contribution is 0.253. The van der Waals surface area contributed by atoms with Crippen molar-refractivity contribution >= 4 is 11.7 Å². The number of carbonyl (C=O) groups is 1. The molecule has 0 saturated heterocycles. The molecule has 21 heavy (non-hydrogen) atoms. The first kappa shape index (κ1) is 12.9. The molecular formula is C16H13N3O2. The third kappa shape index (κ3) is 3.27. The van der Waals surface area contributed by atoms with Crippen molar-refractivity contribution in [1.29, 1.82) is 0 Å². The van der Waals surface area contributed by atoms with Gasteiger partial charge in [-0.25, -0.2) is 9.78 Å². The lowest BCUT2D eigenvalue weighted by Crippen LogP contribution is -2.17. The van der Waals surface area contributed by atoms with Crippen LogP contribution in [0.1, 0.15) is 0 Å². The molecule has 0 aliphatic carbocycles. The molecule has 104 valence electrons. The number of hydrogen-bond donors (Lipinski definition) is 1. The monoisotopic (exact) mass is 279 g/mol. The Morgan fingerprint density at radius 1 is 1.05 bits per heavy atom. The van der Waals surface area contributed by atoms with Gasteiger partial charge in [0.15, 0.2) is 0 Å². The second-order valence-electron chi connectivity index (χ2n) is 4.34. The third-order valence-corrected chi connectivity index (χ3v) is 2.80. The zero-order valence-corrected chi connectivity index (χ0v) is 11.1. The minimum atomic E-state index is -0.274. The molecule has 0 aliphatic heterocycles. The van der Waals surface area contributed by atoms with Crippen molar-refractivity contribution in [2.24, 2.45) is 0 Å². The Balaban J connectivity index is 1.73. The van der Waals surface area contributed by atoms with Crippen molar-refractivity contribution in [3.05, 3.63) is 73.3 Å². The predicted octanol–water partition coefficient (Wildman–Crippen LogP) is 3.76. The van der Waals surface area contributed by atoms with Crippen molar-refractivity contribution in [2.45, 2.75) is 0 Å². The highest BCUT2D eigenvalue weighted by Gasteiger charge is 2.05. The fraction of sp³-hybridized carbons (Fsp3) is 0. The van der Waals surface area contributed by atoms with Crippen LogP contribution in [0.3, 0.4) is 0 Å². The third-order valence-electron chi connectivity index (χ3n) is 2.80. The van der Waals surface area contributed by atoms with Gasteiger partial charge in [0, 0.05) is 24.1 Å². The van der Waals surface area contributed by atoms with Gasteiger partial charge < -0.3 is 10.1 Å². The molecule has 5 heteroatoms. The Labute approximate surface area is 121 Å². The van der Waals surface area contributed by atoms with Gasteiger partial charge in [-0.15, -0.1) is 0 Å². The van der Waals surface area contributed by atoms with Crippen molar-refractivity contribution in [3.8, 4) is 11.5 Å². The van der Waals surface area contributed by atoms with E-state index in [4.69, 9.17) is 4.74 Å². The van der Waals surface area contributed by atoms with Gasteiger partial charge >= 0.3 is 6.03 Å². The number of anilines is 1. The van der Waals surface area contributed by atoms with Gasteiger partial charge in [-0.05, 0) is 24.3 Å². The summed E-state index contributed by atoms with van der Waals surface area (Å²) in [6.07, 6.45) is 4.58. The molecule has 0 spiro atoms. The molecule has 0 radical (unpaired) electrons. The number of ether oxygens (including phenoxy) is 1. The van der Waals surface area contributed by atoms with Crippen LogP contribution < -0.4 is 10.1 Å². The van der Waals surface area contributed by atoms with Crippen LogP contribution in [0.25, 0.3) is 0 Å². The highest BCUT2D eigenvalue weighted by atomic mass is 16.5. The maximum absolute atomic E-state index is 11.9. The number of nitrogens with one attached hydrogen (secondary N) is 1. The van der Waals surface area contributed by atoms with Crippen LogP contribution in [0.4, 0.5) is 10.5 Å². The SMILES string of the molecule is O=C(Nc1cccc(Oc2ccccc2)c1)n1ccnc1. The summed E-state index contributed by atoms with van der Waals surface area (Å²) in [5.41, 5.74) is 0.655. The molecule has 5 nitrogen and oxygen atoms in total. The van der Waals surface area contributed by atoms with Gasteiger partial charge in [-0.3, -0.25) is 4.57 Å². The number of aromatic nitrogens is 2. The minimum absolute atomic E-state index is 0.274. The van der Waals surface area contributed by atoms with Gasteiger partial charge in [-0.1, -0.05) is 24.3 Å². The Morgan fingerprint density at radius 3 is 2.62 bits per heavy atom. The molecule has 0 atom stereocenters. The zero-order chi connectivity index (χ0) is 14.5. The molecule has 3 rings (SSSR count). The number of carbonyl (C=O) groups excluding carboxylic acids is 1. The number of amides is 1. The van der Waals surface area contributed by atoms with Crippen molar-refractivity contribution in [3.63, 3.8) is 0 Å². The minimum Gasteiger partial charge on any atom is -0.457 e. The molecule has 0 bridgehead atoms. The highest BCUT2D eigenvalue weighted by Crippen LogP contribution is 2.23. The Morgan fingerprint density at radius 2 is 1.86 bits per heavy atom. The average Bonchev–Trinajstić information content (AvgIpc) is 3.03. The van der Waals surface area contributed by atoms with Crippen LogP contribution in [0.15, 0.2) is 73.3 Å². The summed E-state index contributed by atoms with van der Waals surface area (Å²) in [7, 11) is 0. The molecule has 0 saturated carbocycles. The van der Waals surface area contributed by atoms with E-state index in [2.05, 4.69) is 10.3 Å². The average molecular weight is 279 g/mol. The second kappa shape index (κ2) is 5.92. The van der Waals surface area contributed by atoms with Crippen LogP contribution in [0, 0.1) is 0 Å². The number of rotatable bonds is 3. The van der Waals surface area contributed by atoms with E-state index < -0.39 is 0 Å². The topological polar surface area (TPSA) is 56.1 Å². The Kier molecular flexibility index (Phi) is 3.64. The van der Waals surface area contributed by atoms with Crippen LogP contribution in [-0.2, 0) is 0 Å². The largest absolute Gasteiger partial charge is 0.457 e. The number of benzene rings is 2. The summed E-state index contributed by atoms with van der Waals surface area (Å²) < 4.78 is 7.09. The molecular weight excluding hydrogens is 266 g/mol. The van der Waals surface area contributed by atoms with Crippen LogP contribution in [-0.4, -0.2) is 15.6 Å². The number of nitrogens with zero attached hydrogens (tertiary/aromatic N) is 2. The summed E-state index contributed by atoms with van der Waals surface area (Å²) >= 11 is 0. The van der Waals surface area contributed by atoms with Crippen LogP contribution in [0.5, 0.6) is 11.5 Å². The highest BCUT2D eigenvalue weighted by molar-refractivity contribution is 5.91.